The lowest BCUT2D eigenvalue weighted by Gasteiger charge is -2.14. The zero-order valence-electron chi connectivity index (χ0n) is 12.2. The molecule has 23 heavy (non-hydrogen) atoms. The number of benzene rings is 2. The van der Waals surface area contributed by atoms with Gasteiger partial charge < -0.3 is 9.84 Å². The normalized spacial score (nSPS) is 12.1. The minimum absolute atomic E-state index is 0.160. The van der Waals surface area contributed by atoms with Gasteiger partial charge in [-0.1, -0.05) is 23.2 Å². The van der Waals surface area contributed by atoms with Crippen LogP contribution in [0.3, 0.4) is 0 Å². The average molecular weight is 353 g/mol. The molecule has 1 unspecified atom stereocenters. The first-order valence-corrected chi connectivity index (χ1v) is 7.45. The van der Waals surface area contributed by atoms with E-state index in [1.54, 1.807) is 31.2 Å². The van der Waals surface area contributed by atoms with Gasteiger partial charge >= 0.3 is 0 Å². The van der Waals surface area contributed by atoms with Crippen molar-refractivity contribution in [2.45, 2.75) is 13.0 Å². The van der Waals surface area contributed by atoms with Crippen LogP contribution in [0.1, 0.15) is 12.5 Å². The number of halogens is 2. The summed E-state index contributed by atoms with van der Waals surface area (Å²) in [5.74, 6) is 0.0975. The van der Waals surface area contributed by atoms with Crippen molar-refractivity contribution in [3.05, 3.63) is 58.1 Å². The summed E-state index contributed by atoms with van der Waals surface area (Å²) in [6.07, 6.45) is 0.671. The van der Waals surface area contributed by atoms with Gasteiger partial charge in [0.2, 0.25) is 0 Å². The Balaban J connectivity index is 1.90. The van der Waals surface area contributed by atoms with Crippen molar-refractivity contribution in [1.29, 1.82) is 0 Å². The molecule has 2 aromatic rings. The third-order valence-electron chi connectivity index (χ3n) is 2.85. The lowest BCUT2D eigenvalue weighted by molar-refractivity contribution is -0.127. The van der Waals surface area contributed by atoms with Gasteiger partial charge in [0.15, 0.2) is 6.10 Å². The van der Waals surface area contributed by atoms with E-state index in [9.17, 15) is 9.90 Å². The first-order chi connectivity index (χ1) is 11.0. The van der Waals surface area contributed by atoms with Crippen molar-refractivity contribution >= 4 is 35.3 Å². The van der Waals surface area contributed by atoms with Gasteiger partial charge in [-0.25, -0.2) is 5.43 Å². The molecule has 0 spiro atoms. The summed E-state index contributed by atoms with van der Waals surface area (Å²) >= 11 is 11.8. The predicted octanol–water partition coefficient (Wildman–Crippen LogP) is 3.62. The van der Waals surface area contributed by atoms with Crippen LogP contribution in [0.2, 0.25) is 10.0 Å². The summed E-state index contributed by atoms with van der Waals surface area (Å²) in [5.41, 5.74) is 3.10. The molecule has 2 N–H and O–H groups in total. The number of phenols is 1. The Hall–Kier alpha value is -2.24. The number of amides is 1. The number of hydrogen-bond donors (Lipinski definition) is 2. The summed E-state index contributed by atoms with van der Waals surface area (Å²) in [6, 6.07) is 11.1. The molecule has 1 amide bonds. The van der Waals surface area contributed by atoms with Crippen LogP contribution in [0.25, 0.3) is 0 Å². The summed E-state index contributed by atoms with van der Waals surface area (Å²) in [6.45, 7) is 1.58. The van der Waals surface area contributed by atoms with E-state index in [0.717, 1.165) is 5.56 Å². The van der Waals surface area contributed by atoms with E-state index >= 15 is 0 Å². The minimum atomic E-state index is -0.786. The molecule has 1 atom stereocenters. The van der Waals surface area contributed by atoms with Crippen LogP contribution in [0.4, 0.5) is 0 Å². The van der Waals surface area contributed by atoms with E-state index in [-0.39, 0.29) is 5.75 Å². The van der Waals surface area contributed by atoms with Crippen molar-refractivity contribution in [2.24, 2.45) is 5.10 Å². The van der Waals surface area contributed by atoms with E-state index in [0.29, 0.717) is 15.8 Å². The fourth-order valence-electron chi connectivity index (χ4n) is 1.64. The predicted molar refractivity (Wildman–Crippen MR) is 90.4 cm³/mol. The van der Waals surface area contributed by atoms with Gasteiger partial charge in [0, 0.05) is 5.02 Å². The highest BCUT2D eigenvalue weighted by Crippen LogP contribution is 2.28. The number of phenolic OH excluding ortho intramolecular Hbond substituents is 1. The highest BCUT2D eigenvalue weighted by molar-refractivity contribution is 6.35. The maximum Gasteiger partial charge on any atom is 0.280 e. The number of hydrogen-bond acceptors (Lipinski definition) is 4. The first kappa shape index (κ1) is 17.1. The quantitative estimate of drug-likeness (QED) is 0.637. The highest BCUT2D eigenvalue weighted by atomic mass is 35.5. The highest BCUT2D eigenvalue weighted by Gasteiger charge is 2.15. The number of nitrogens with zero attached hydrogens (tertiary/aromatic N) is 1. The molecule has 120 valence electrons. The average Bonchev–Trinajstić information content (AvgIpc) is 2.51. The molecule has 0 fully saturated rings. The molecule has 2 rings (SSSR count). The molecule has 0 aliphatic rings. The molecule has 0 aromatic heterocycles. The molecule has 0 saturated heterocycles. The van der Waals surface area contributed by atoms with Crippen molar-refractivity contribution in [2.75, 3.05) is 0 Å². The van der Waals surface area contributed by atoms with E-state index in [1.807, 2.05) is 0 Å². The van der Waals surface area contributed by atoms with Crippen molar-refractivity contribution < 1.29 is 14.6 Å². The van der Waals surface area contributed by atoms with Crippen LogP contribution in [0, 0.1) is 0 Å². The molecular formula is C16H14Cl2N2O3. The molecule has 7 heteroatoms. The zero-order valence-corrected chi connectivity index (χ0v) is 13.7. The third-order valence-corrected chi connectivity index (χ3v) is 3.38. The number of carbonyl (C=O) groups is 1. The number of hydrazone groups is 1. The molecule has 0 radical (unpaired) electrons. The molecule has 0 bridgehead atoms. The molecule has 2 aromatic carbocycles. The molecule has 5 nitrogen and oxygen atoms in total. The van der Waals surface area contributed by atoms with E-state index in [4.69, 9.17) is 27.9 Å². The van der Waals surface area contributed by atoms with Gasteiger partial charge in [-0.2, -0.15) is 5.10 Å². The number of ether oxygens (including phenoxy) is 1. The number of rotatable bonds is 5. The maximum absolute atomic E-state index is 11.9. The van der Waals surface area contributed by atoms with Gasteiger partial charge in [0.25, 0.3) is 5.91 Å². The van der Waals surface area contributed by atoms with Crippen molar-refractivity contribution in [3.63, 3.8) is 0 Å². The van der Waals surface area contributed by atoms with Gasteiger partial charge in [-0.15, -0.1) is 0 Å². The van der Waals surface area contributed by atoms with Crippen LogP contribution >= 0.6 is 23.2 Å². The first-order valence-electron chi connectivity index (χ1n) is 6.69. The number of nitrogens with one attached hydrogen (secondary N) is 1. The Morgan fingerprint density at radius 1 is 1.26 bits per heavy atom. The van der Waals surface area contributed by atoms with Gasteiger partial charge in [0.1, 0.15) is 11.5 Å². The lowest BCUT2D eigenvalue weighted by Crippen LogP contribution is -2.33. The van der Waals surface area contributed by atoms with Crippen molar-refractivity contribution in [1.82, 2.24) is 5.43 Å². The molecular weight excluding hydrogens is 339 g/mol. The Bertz CT molecular complexity index is 718. The van der Waals surface area contributed by atoms with Gasteiger partial charge in [-0.05, 0) is 55.0 Å². The Kier molecular flexibility index (Phi) is 5.84. The topological polar surface area (TPSA) is 70.9 Å². The zero-order chi connectivity index (χ0) is 16.8. The summed E-state index contributed by atoms with van der Waals surface area (Å²) in [4.78, 5) is 11.9. The Labute approximate surface area is 143 Å². The summed E-state index contributed by atoms with van der Waals surface area (Å²) in [7, 11) is 0. The molecule has 0 saturated carbocycles. The van der Waals surface area contributed by atoms with E-state index in [2.05, 4.69) is 10.5 Å². The largest absolute Gasteiger partial charge is 0.508 e. The van der Waals surface area contributed by atoms with Crippen LogP contribution in [-0.2, 0) is 4.79 Å². The monoisotopic (exact) mass is 352 g/mol. The fourth-order valence-corrected chi connectivity index (χ4v) is 2.09. The number of aromatic hydroxyl groups is 1. The standard InChI is InChI=1S/C16H14Cl2N2O3/c1-10(23-15-7-4-12(17)8-14(15)18)16(22)20-19-9-11-2-5-13(21)6-3-11/h2-10,21H,1H3,(H,20,22). The molecule has 0 heterocycles. The van der Waals surface area contributed by atoms with Crippen LogP contribution < -0.4 is 10.2 Å². The third kappa shape index (κ3) is 5.16. The van der Waals surface area contributed by atoms with Gasteiger partial charge in [0.05, 0.1) is 11.2 Å². The van der Waals surface area contributed by atoms with E-state index < -0.39 is 12.0 Å². The van der Waals surface area contributed by atoms with Crippen LogP contribution in [-0.4, -0.2) is 23.3 Å². The maximum atomic E-state index is 11.9. The molecule has 0 aliphatic heterocycles. The summed E-state index contributed by atoms with van der Waals surface area (Å²) in [5, 5.41) is 13.8. The van der Waals surface area contributed by atoms with Crippen molar-refractivity contribution in [3.8, 4) is 11.5 Å². The summed E-state index contributed by atoms with van der Waals surface area (Å²) < 4.78 is 5.47. The lowest BCUT2D eigenvalue weighted by atomic mass is 10.2. The Morgan fingerprint density at radius 3 is 2.61 bits per heavy atom. The second-order valence-electron chi connectivity index (χ2n) is 4.66. The number of carbonyl (C=O) groups excluding carboxylic acids is 1. The Morgan fingerprint density at radius 2 is 1.96 bits per heavy atom. The second kappa shape index (κ2) is 7.85. The van der Waals surface area contributed by atoms with Gasteiger partial charge in [-0.3, -0.25) is 4.79 Å². The molecule has 0 aliphatic carbocycles. The second-order valence-corrected chi connectivity index (χ2v) is 5.50. The SMILES string of the molecule is CC(Oc1ccc(Cl)cc1Cl)C(=O)NN=Cc1ccc(O)cc1. The van der Waals surface area contributed by atoms with E-state index in [1.165, 1.54) is 24.4 Å². The van der Waals surface area contributed by atoms with Crippen LogP contribution in [0.15, 0.2) is 47.6 Å². The van der Waals surface area contributed by atoms with Crippen LogP contribution in [0.5, 0.6) is 11.5 Å². The fraction of sp³-hybridized carbons (Fsp3) is 0.125. The smallest absolute Gasteiger partial charge is 0.280 e. The minimum Gasteiger partial charge on any atom is -0.508 e.